The Kier molecular flexibility index (Phi) is 2.19. The van der Waals surface area contributed by atoms with Gasteiger partial charge < -0.3 is 10.4 Å². The third kappa shape index (κ3) is 1.72. The van der Waals surface area contributed by atoms with Gasteiger partial charge in [0.05, 0.1) is 6.20 Å². The third-order valence-electron chi connectivity index (χ3n) is 2.62. The zero-order valence-corrected chi connectivity index (χ0v) is 8.73. The third-order valence-corrected chi connectivity index (χ3v) is 3.52. The summed E-state index contributed by atoms with van der Waals surface area (Å²) >= 11 is 1.20. The summed E-state index contributed by atoms with van der Waals surface area (Å²) in [5.74, 6) is -0.906. The summed E-state index contributed by atoms with van der Waals surface area (Å²) in [7, 11) is 0. The van der Waals surface area contributed by atoms with E-state index in [1.54, 1.807) is 0 Å². The van der Waals surface area contributed by atoms with E-state index in [1.807, 2.05) is 0 Å². The van der Waals surface area contributed by atoms with Gasteiger partial charge in [-0.25, -0.2) is 9.78 Å². The van der Waals surface area contributed by atoms with Crippen molar-refractivity contribution in [2.75, 3.05) is 5.32 Å². The molecule has 5 heteroatoms. The lowest BCUT2D eigenvalue weighted by molar-refractivity contribution is 0.0702. The average Bonchev–Trinajstić information content (AvgIpc) is 2.75. The molecule has 0 atom stereocenters. The molecule has 1 aliphatic rings. The number of carbonyl (C=O) groups is 1. The van der Waals surface area contributed by atoms with Crippen molar-refractivity contribution < 1.29 is 9.90 Å². The number of aromatic carboxylic acids is 1. The van der Waals surface area contributed by atoms with Gasteiger partial charge in [0, 0.05) is 5.54 Å². The summed E-state index contributed by atoms with van der Waals surface area (Å²) in [6.45, 7) is 2.13. The van der Waals surface area contributed by atoms with Crippen LogP contribution in [-0.2, 0) is 0 Å². The summed E-state index contributed by atoms with van der Waals surface area (Å²) in [5, 5.41) is 12.7. The highest BCUT2D eigenvalue weighted by Gasteiger charge is 2.41. The maximum Gasteiger partial charge on any atom is 0.347 e. The number of nitrogens with one attached hydrogen (secondary N) is 1. The average molecular weight is 212 g/mol. The van der Waals surface area contributed by atoms with Crippen LogP contribution in [0.2, 0.25) is 0 Å². The van der Waals surface area contributed by atoms with Crippen LogP contribution in [0.4, 0.5) is 5.13 Å². The first-order chi connectivity index (χ1) is 6.65. The number of aromatic nitrogens is 1. The summed E-state index contributed by atoms with van der Waals surface area (Å²) < 4.78 is 0. The molecule has 0 spiro atoms. The highest BCUT2D eigenvalue weighted by Crippen LogP contribution is 2.42. The molecule has 76 valence electrons. The number of hydrogen-bond donors (Lipinski definition) is 2. The van der Waals surface area contributed by atoms with Crippen molar-refractivity contribution in [2.24, 2.45) is 0 Å². The zero-order valence-electron chi connectivity index (χ0n) is 7.91. The summed E-state index contributed by atoms with van der Waals surface area (Å²) in [4.78, 5) is 14.9. The second kappa shape index (κ2) is 3.24. The summed E-state index contributed by atoms with van der Waals surface area (Å²) in [6.07, 6.45) is 4.78. The molecule has 1 saturated carbocycles. The number of thiazole rings is 1. The van der Waals surface area contributed by atoms with Crippen molar-refractivity contribution in [3.63, 3.8) is 0 Å². The van der Waals surface area contributed by atoms with E-state index in [4.69, 9.17) is 5.11 Å². The number of anilines is 1. The van der Waals surface area contributed by atoms with Gasteiger partial charge in [0.25, 0.3) is 0 Å². The molecule has 0 saturated heterocycles. The number of hydrogen-bond acceptors (Lipinski definition) is 4. The first kappa shape index (κ1) is 9.45. The molecule has 1 aromatic heterocycles. The first-order valence-corrected chi connectivity index (χ1v) is 5.44. The van der Waals surface area contributed by atoms with E-state index in [2.05, 4.69) is 17.2 Å². The van der Waals surface area contributed by atoms with Crippen LogP contribution in [0.25, 0.3) is 0 Å². The van der Waals surface area contributed by atoms with E-state index in [9.17, 15) is 4.79 Å². The fourth-order valence-corrected chi connectivity index (χ4v) is 2.15. The van der Waals surface area contributed by atoms with E-state index in [0.29, 0.717) is 4.88 Å². The zero-order chi connectivity index (χ0) is 10.2. The summed E-state index contributed by atoms with van der Waals surface area (Å²) in [6, 6.07) is 0. The molecule has 14 heavy (non-hydrogen) atoms. The van der Waals surface area contributed by atoms with Crippen LogP contribution in [0.15, 0.2) is 6.20 Å². The fraction of sp³-hybridized carbons (Fsp3) is 0.556. The van der Waals surface area contributed by atoms with Gasteiger partial charge in [0.2, 0.25) is 0 Å². The molecular weight excluding hydrogens is 200 g/mol. The minimum atomic E-state index is -0.906. The van der Waals surface area contributed by atoms with Crippen molar-refractivity contribution >= 4 is 22.4 Å². The lowest BCUT2D eigenvalue weighted by Crippen LogP contribution is -2.19. The molecular formula is C9H12N2O2S. The molecule has 0 bridgehead atoms. The predicted octanol–water partition coefficient (Wildman–Crippen LogP) is 2.20. The summed E-state index contributed by atoms with van der Waals surface area (Å²) in [5.41, 5.74) is 0.202. The van der Waals surface area contributed by atoms with Crippen LogP contribution in [0, 0.1) is 0 Å². The lowest BCUT2D eigenvalue weighted by atomic mass is 10.2. The standard InChI is InChI=1S/C9H12N2O2S/c1-2-9(3-4-9)11-8-10-5-6(14-8)7(12)13/h5H,2-4H2,1H3,(H,10,11)(H,12,13). The molecule has 1 heterocycles. The van der Waals surface area contributed by atoms with Crippen LogP contribution < -0.4 is 5.32 Å². The molecule has 0 amide bonds. The van der Waals surface area contributed by atoms with E-state index in [-0.39, 0.29) is 5.54 Å². The van der Waals surface area contributed by atoms with Gasteiger partial charge in [-0.15, -0.1) is 0 Å². The lowest BCUT2D eigenvalue weighted by Gasteiger charge is -2.12. The Balaban J connectivity index is 2.07. The SMILES string of the molecule is CCC1(Nc2ncc(C(=O)O)s2)CC1. The normalized spacial score (nSPS) is 17.8. The largest absolute Gasteiger partial charge is 0.477 e. The Labute approximate surface area is 86.0 Å². The van der Waals surface area contributed by atoms with E-state index in [0.717, 1.165) is 24.4 Å². The van der Waals surface area contributed by atoms with Gasteiger partial charge in [-0.3, -0.25) is 0 Å². The molecule has 0 unspecified atom stereocenters. The number of carboxylic acids is 1. The quantitative estimate of drug-likeness (QED) is 0.803. The minimum Gasteiger partial charge on any atom is -0.477 e. The van der Waals surface area contributed by atoms with Crippen molar-refractivity contribution in [2.45, 2.75) is 31.7 Å². The maximum atomic E-state index is 10.6. The Morgan fingerprint density at radius 1 is 1.79 bits per heavy atom. The molecule has 0 radical (unpaired) electrons. The highest BCUT2D eigenvalue weighted by atomic mass is 32.1. The smallest absolute Gasteiger partial charge is 0.347 e. The topological polar surface area (TPSA) is 62.2 Å². The second-order valence-corrected chi connectivity index (χ2v) is 4.62. The number of rotatable bonds is 4. The van der Waals surface area contributed by atoms with Crippen LogP contribution in [-0.4, -0.2) is 21.6 Å². The van der Waals surface area contributed by atoms with Crippen molar-refractivity contribution in [3.8, 4) is 0 Å². The fourth-order valence-electron chi connectivity index (χ4n) is 1.38. The first-order valence-electron chi connectivity index (χ1n) is 4.62. The van der Waals surface area contributed by atoms with Gasteiger partial charge >= 0.3 is 5.97 Å². The van der Waals surface area contributed by atoms with Gasteiger partial charge in [0.15, 0.2) is 5.13 Å². The monoisotopic (exact) mass is 212 g/mol. The van der Waals surface area contributed by atoms with E-state index in [1.165, 1.54) is 17.5 Å². The predicted molar refractivity (Wildman–Crippen MR) is 55.0 cm³/mol. The van der Waals surface area contributed by atoms with Crippen LogP contribution >= 0.6 is 11.3 Å². The van der Waals surface area contributed by atoms with E-state index >= 15 is 0 Å². The van der Waals surface area contributed by atoms with E-state index < -0.39 is 5.97 Å². The molecule has 0 aliphatic heterocycles. The molecule has 1 aliphatic carbocycles. The van der Waals surface area contributed by atoms with Crippen molar-refractivity contribution in [3.05, 3.63) is 11.1 Å². The van der Waals surface area contributed by atoms with Gasteiger partial charge in [-0.05, 0) is 19.3 Å². The van der Waals surface area contributed by atoms with Gasteiger partial charge in [0.1, 0.15) is 4.88 Å². The van der Waals surface area contributed by atoms with Gasteiger partial charge in [-0.1, -0.05) is 18.3 Å². The van der Waals surface area contributed by atoms with Crippen molar-refractivity contribution in [1.82, 2.24) is 4.98 Å². The molecule has 2 N–H and O–H groups in total. The Morgan fingerprint density at radius 2 is 2.50 bits per heavy atom. The Bertz CT molecular complexity index is 357. The molecule has 0 aromatic carbocycles. The van der Waals surface area contributed by atoms with Crippen LogP contribution in [0.5, 0.6) is 0 Å². The minimum absolute atomic E-state index is 0.202. The van der Waals surface area contributed by atoms with Crippen molar-refractivity contribution in [1.29, 1.82) is 0 Å². The second-order valence-electron chi connectivity index (χ2n) is 3.59. The highest BCUT2D eigenvalue weighted by molar-refractivity contribution is 7.17. The Hall–Kier alpha value is -1.10. The molecule has 4 nitrogen and oxygen atoms in total. The van der Waals surface area contributed by atoms with Crippen LogP contribution in [0.3, 0.4) is 0 Å². The maximum absolute atomic E-state index is 10.6. The van der Waals surface area contributed by atoms with Gasteiger partial charge in [-0.2, -0.15) is 0 Å². The molecule has 2 rings (SSSR count). The van der Waals surface area contributed by atoms with Crippen LogP contribution in [0.1, 0.15) is 35.9 Å². The number of carboxylic acid groups (broad SMARTS) is 1. The molecule has 1 aromatic rings. The Morgan fingerprint density at radius 3 is 2.93 bits per heavy atom. The number of nitrogens with zero attached hydrogens (tertiary/aromatic N) is 1. The molecule has 1 fully saturated rings.